The smallest absolute Gasteiger partial charge is 0.254 e. The third-order valence-corrected chi connectivity index (χ3v) is 5.25. The van der Waals surface area contributed by atoms with E-state index >= 15 is 0 Å². The molecule has 0 aliphatic rings. The first-order chi connectivity index (χ1) is 15.7. The van der Waals surface area contributed by atoms with Crippen molar-refractivity contribution in [2.75, 3.05) is 13.2 Å². The summed E-state index contributed by atoms with van der Waals surface area (Å²) in [4.78, 5) is 17.0. The maximum absolute atomic E-state index is 13.8. The molecule has 0 bridgehead atoms. The standard InChI is InChI=1S/C26H26FN3O2/c27-22-13-5-4-12-21(22)26(31)28-17-8-16-25-29-23-14-6-7-15-24(23)30(25)18-9-19-32-20-10-2-1-3-11-20/h1-7,10-15H,8-9,16-19H2,(H,28,31). The number of nitrogens with zero attached hydrogens (tertiary/aromatic N) is 2. The molecule has 1 amide bonds. The van der Waals surface area contributed by atoms with Crippen molar-refractivity contribution < 1.29 is 13.9 Å². The van der Waals surface area contributed by atoms with Gasteiger partial charge in [0.05, 0.1) is 23.2 Å². The van der Waals surface area contributed by atoms with E-state index in [0.717, 1.165) is 35.6 Å². The van der Waals surface area contributed by atoms with Gasteiger partial charge in [-0.1, -0.05) is 42.5 Å². The van der Waals surface area contributed by atoms with Gasteiger partial charge in [-0.3, -0.25) is 4.79 Å². The molecule has 1 N–H and O–H groups in total. The van der Waals surface area contributed by atoms with Crippen molar-refractivity contribution in [3.8, 4) is 5.75 Å². The van der Waals surface area contributed by atoms with Crippen LogP contribution in [-0.4, -0.2) is 28.6 Å². The highest BCUT2D eigenvalue weighted by Gasteiger charge is 2.12. The number of hydrogen-bond acceptors (Lipinski definition) is 3. The molecule has 0 aliphatic heterocycles. The molecule has 4 rings (SSSR count). The van der Waals surface area contributed by atoms with Crippen LogP contribution < -0.4 is 10.1 Å². The third-order valence-electron chi connectivity index (χ3n) is 5.25. The first kappa shape index (κ1) is 21.6. The second-order valence-corrected chi connectivity index (χ2v) is 7.52. The van der Waals surface area contributed by atoms with Crippen LogP contribution >= 0.6 is 0 Å². The van der Waals surface area contributed by atoms with Crippen molar-refractivity contribution >= 4 is 16.9 Å². The Hall–Kier alpha value is -3.67. The molecule has 0 fully saturated rings. The van der Waals surface area contributed by atoms with Crippen molar-refractivity contribution in [3.63, 3.8) is 0 Å². The topological polar surface area (TPSA) is 56.2 Å². The van der Waals surface area contributed by atoms with Gasteiger partial charge >= 0.3 is 0 Å². The zero-order valence-corrected chi connectivity index (χ0v) is 17.8. The summed E-state index contributed by atoms with van der Waals surface area (Å²) in [6.07, 6.45) is 2.28. The van der Waals surface area contributed by atoms with Gasteiger partial charge in [0.2, 0.25) is 0 Å². The summed E-state index contributed by atoms with van der Waals surface area (Å²) in [5, 5.41) is 2.80. The number of halogens is 1. The molecule has 1 heterocycles. The molecule has 0 radical (unpaired) electrons. The summed E-state index contributed by atoms with van der Waals surface area (Å²) < 4.78 is 21.8. The summed E-state index contributed by atoms with van der Waals surface area (Å²) in [6.45, 7) is 1.87. The predicted molar refractivity (Wildman–Crippen MR) is 123 cm³/mol. The fourth-order valence-electron chi connectivity index (χ4n) is 3.68. The van der Waals surface area contributed by atoms with E-state index in [1.807, 2.05) is 48.5 Å². The molecule has 6 heteroatoms. The monoisotopic (exact) mass is 431 g/mol. The Morgan fingerprint density at radius 1 is 0.938 bits per heavy atom. The maximum Gasteiger partial charge on any atom is 0.254 e. The molecule has 4 aromatic rings. The average molecular weight is 432 g/mol. The normalized spacial score (nSPS) is 10.9. The number of carbonyl (C=O) groups is 1. The van der Waals surface area contributed by atoms with Crippen molar-refractivity contribution in [3.05, 3.63) is 96.1 Å². The van der Waals surface area contributed by atoms with Crippen LogP contribution in [0.15, 0.2) is 78.9 Å². The Bertz CT molecular complexity index is 1170. The number of aromatic nitrogens is 2. The number of para-hydroxylation sites is 3. The number of imidazole rings is 1. The van der Waals surface area contributed by atoms with E-state index < -0.39 is 11.7 Å². The second-order valence-electron chi connectivity index (χ2n) is 7.52. The van der Waals surface area contributed by atoms with E-state index in [-0.39, 0.29) is 5.56 Å². The van der Waals surface area contributed by atoms with E-state index in [4.69, 9.17) is 9.72 Å². The number of ether oxygens (including phenoxy) is 1. The van der Waals surface area contributed by atoms with Gasteiger partial charge in [-0.25, -0.2) is 9.37 Å². The molecule has 0 unspecified atom stereocenters. The van der Waals surface area contributed by atoms with Crippen molar-refractivity contribution in [1.29, 1.82) is 0 Å². The van der Waals surface area contributed by atoms with Crippen LogP contribution in [0.3, 0.4) is 0 Å². The average Bonchev–Trinajstić information content (AvgIpc) is 3.18. The zero-order chi connectivity index (χ0) is 22.2. The Morgan fingerprint density at radius 2 is 1.69 bits per heavy atom. The van der Waals surface area contributed by atoms with Crippen molar-refractivity contribution in [1.82, 2.24) is 14.9 Å². The van der Waals surface area contributed by atoms with Crippen molar-refractivity contribution in [2.24, 2.45) is 0 Å². The van der Waals surface area contributed by atoms with Gasteiger partial charge < -0.3 is 14.6 Å². The van der Waals surface area contributed by atoms with E-state index in [2.05, 4.69) is 16.0 Å². The number of amides is 1. The number of aryl methyl sites for hydroxylation is 2. The van der Waals surface area contributed by atoms with Gasteiger partial charge in [0.25, 0.3) is 5.91 Å². The van der Waals surface area contributed by atoms with E-state index in [0.29, 0.717) is 26.0 Å². The zero-order valence-electron chi connectivity index (χ0n) is 17.8. The number of nitrogens with one attached hydrogen (secondary N) is 1. The lowest BCUT2D eigenvalue weighted by Crippen LogP contribution is -2.25. The predicted octanol–water partition coefficient (Wildman–Crippen LogP) is 5.01. The lowest BCUT2D eigenvalue weighted by atomic mass is 10.2. The van der Waals surface area contributed by atoms with E-state index in [9.17, 15) is 9.18 Å². The lowest BCUT2D eigenvalue weighted by molar-refractivity contribution is 0.0949. The number of rotatable bonds is 10. The summed E-state index contributed by atoms with van der Waals surface area (Å²) in [6, 6.07) is 23.9. The minimum absolute atomic E-state index is 0.0677. The number of hydrogen-bond donors (Lipinski definition) is 1. The molecule has 3 aromatic carbocycles. The van der Waals surface area contributed by atoms with E-state index in [1.54, 1.807) is 12.1 Å². The summed E-state index contributed by atoms with van der Waals surface area (Å²) in [5.41, 5.74) is 2.12. The largest absolute Gasteiger partial charge is 0.494 e. The van der Waals surface area contributed by atoms with Gasteiger partial charge in [0.15, 0.2) is 0 Å². The summed E-state index contributed by atoms with van der Waals surface area (Å²) in [5.74, 6) is 0.944. The van der Waals surface area contributed by atoms with Gasteiger partial charge in [-0.15, -0.1) is 0 Å². The van der Waals surface area contributed by atoms with Gasteiger partial charge in [0, 0.05) is 19.5 Å². The SMILES string of the molecule is O=C(NCCCc1nc2ccccc2n1CCCOc1ccccc1)c1ccccc1F. The molecule has 0 aliphatic carbocycles. The molecule has 0 saturated heterocycles. The minimum Gasteiger partial charge on any atom is -0.494 e. The summed E-state index contributed by atoms with van der Waals surface area (Å²) >= 11 is 0. The lowest BCUT2D eigenvalue weighted by Gasteiger charge is -2.11. The third kappa shape index (κ3) is 5.32. The van der Waals surface area contributed by atoms with Crippen LogP contribution in [0.5, 0.6) is 5.75 Å². The minimum atomic E-state index is -0.510. The number of carbonyl (C=O) groups excluding carboxylic acids is 1. The molecule has 0 atom stereocenters. The Morgan fingerprint density at radius 3 is 2.53 bits per heavy atom. The maximum atomic E-state index is 13.8. The van der Waals surface area contributed by atoms with Crippen LogP contribution in [-0.2, 0) is 13.0 Å². The van der Waals surface area contributed by atoms with Gasteiger partial charge in [-0.2, -0.15) is 0 Å². The molecule has 0 spiro atoms. The number of benzene rings is 3. The van der Waals surface area contributed by atoms with Crippen molar-refractivity contribution in [2.45, 2.75) is 25.8 Å². The van der Waals surface area contributed by atoms with Gasteiger partial charge in [-0.05, 0) is 49.2 Å². The highest BCUT2D eigenvalue weighted by atomic mass is 19.1. The van der Waals surface area contributed by atoms with Crippen LogP contribution in [0.1, 0.15) is 29.0 Å². The highest BCUT2D eigenvalue weighted by Crippen LogP contribution is 2.18. The van der Waals surface area contributed by atoms with Crippen LogP contribution in [0, 0.1) is 5.82 Å². The van der Waals surface area contributed by atoms with Crippen LogP contribution in [0.2, 0.25) is 0 Å². The van der Waals surface area contributed by atoms with Crippen LogP contribution in [0.4, 0.5) is 4.39 Å². The molecule has 164 valence electrons. The van der Waals surface area contributed by atoms with Crippen LogP contribution in [0.25, 0.3) is 11.0 Å². The Kier molecular flexibility index (Phi) is 7.12. The fourth-order valence-corrected chi connectivity index (χ4v) is 3.68. The Labute approximate surface area is 186 Å². The fraction of sp³-hybridized carbons (Fsp3) is 0.231. The second kappa shape index (κ2) is 10.6. The molecule has 1 aromatic heterocycles. The highest BCUT2D eigenvalue weighted by molar-refractivity contribution is 5.94. The molecular weight excluding hydrogens is 405 g/mol. The first-order valence-corrected chi connectivity index (χ1v) is 10.9. The molecule has 5 nitrogen and oxygen atoms in total. The summed E-state index contributed by atoms with van der Waals surface area (Å²) in [7, 11) is 0. The molecule has 32 heavy (non-hydrogen) atoms. The molecular formula is C26H26FN3O2. The van der Waals surface area contributed by atoms with E-state index in [1.165, 1.54) is 12.1 Å². The van der Waals surface area contributed by atoms with Gasteiger partial charge in [0.1, 0.15) is 17.4 Å². The Balaban J connectivity index is 1.33. The first-order valence-electron chi connectivity index (χ1n) is 10.9. The molecule has 0 saturated carbocycles. The number of fused-ring (bicyclic) bond motifs is 1. The quantitative estimate of drug-likeness (QED) is 0.359.